The standard InChI is InChI=1S/C2H6O7S2Si2/c3-1(12-10(5)6)9-2(4)13-11(7)8/h12-13H2,(H,5,6)(H,7,8). The molecule has 0 aromatic rings. The van der Waals surface area contributed by atoms with Crippen LogP contribution >= 0.6 is 0 Å². The van der Waals surface area contributed by atoms with Crippen LogP contribution in [0.3, 0.4) is 0 Å². The molecule has 2 N–H and O–H groups in total. The summed E-state index contributed by atoms with van der Waals surface area (Å²) in [6, 6.07) is 0. The van der Waals surface area contributed by atoms with E-state index in [1.165, 1.54) is 0 Å². The number of carbonyl (C=O) groups is 2. The molecule has 0 bridgehead atoms. The molecule has 2 unspecified atom stereocenters. The van der Waals surface area contributed by atoms with Crippen molar-refractivity contribution in [2.24, 2.45) is 0 Å². The van der Waals surface area contributed by atoms with Crippen molar-refractivity contribution in [2.75, 3.05) is 0 Å². The Kier molecular flexibility index (Phi) is 6.18. The van der Waals surface area contributed by atoms with Gasteiger partial charge in [-0.05, 0) is 0 Å². The molecule has 0 radical (unpaired) electrons. The number of hydrogen-bond acceptors (Lipinski definition) is 5. The van der Waals surface area contributed by atoms with Gasteiger partial charge in [0.25, 0.3) is 28.5 Å². The van der Waals surface area contributed by atoms with Crippen molar-refractivity contribution in [2.45, 2.75) is 0 Å². The maximum atomic E-state index is 10.6. The molecule has 7 nitrogen and oxygen atoms in total. The Morgan fingerprint density at radius 1 is 1.00 bits per heavy atom. The molecule has 0 fully saturated rings. The molecule has 0 aromatic heterocycles. The molecule has 0 rings (SSSR count). The Hall–Kier alpha value is -0.206. The monoisotopic (exact) mass is 262 g/mol. The van der Waals surface area contributed by atoms with Crippen LogP contribution < -0.4 is 0 Å². The maximum absolute atomic E-state index is 10.6. The van der Waals surface area contributed by atoms with Gasteiger partial charge in [-0.15, -0.1) is 0 Å². The fourth-order valence-electron chi connectivity index (χ4n) is 0.388. The van der Waals surface area contributed by atoms with E-state index >= 15 is 0 Å². The van der Waals surface area contributed by atoms with Gasteiger partial charge in [-0.3, -0.25) is 9.59 Å². The molecule has 0 spiro atoms. The van der Waals surface area contributed by atoms with Gasteiger partial charge in [0.15, 0.2) is 0 Å². The second kappa shape index (κ2) is 6.28. The fraction of sp³-hybridized carbons (Fsp3) is 0. The lowest BCUT2D eigenvalue weighted by atomic mass is 11.4. The largest absolute Gasteiger partial charge is 0.401 e. The summed E-state index contributed by atoms with van der Waals surface area (Å²) in [7, 11) is -8.51. The highest BCUT2D eigenvalue weighted by molar-refractivity contribution is 8.09. The Morgan fingerprint density at radius 2 is 1.31 bits per heavy atom. The SMILES string of the molecule is O=C(OC(=O)[SiH2]S(=O)O)[SiH2]S(=O)O. The summed E-state index contributed by atoms with van der Waals surface area (Å²) in [5, 5.41) is 0. The van der Waals surface area contributed by atoms with Gasteiger partial charge in [0.05, 0.1) is 0 Å². The molecule has 76 valence electrons. The predicted octanol–water partition coefficient (Wildman–Crippen LogP) is -2.15. The number of carbonyl (C=O) groups excluding carboxylic acids is 2. The molecule has 0 aliphatic heterocycles. The number of hydrogen-bond donors (Lipinski definition) is 2. The zero-order valence-corrected chi connectivity index (χ0v) is 10.6. The first-order valence-corrected chi connectivity index (χ1v) is 10.2. The summed E-state index contributed by atoms with van der Waals surface area (Å²) < 4.78 is 40.6. The van der Waals surface area contributed by atoms with E-state index < -0.39 is 49.6 Å². The third-order valence-corrected chi connectivity index (χ3v) is 4.86. The minimum atomic E-state index is -2.24. The molecule has 0 aromatic carbocycles. The van der Waals surface area contributed by atoms with E-state index in [1.807, 2.05) is 0 Å². The van der Waals surface area contributed by atoms with Gasteiger partial charge in [0.1, 0.15) is 21.1 Å². The highest BCUT2D eigenvalue weighted by Crippen LogP contribution is 1.86. The van der Waals surface area contributed by atoms with Crippen LogP contribution in [0.4, 0.5) is 9.59 Å². The smallest absolute Gasteiger partial charge is 0.290 e. The van der Waals surface area contributed by atoms with Gasteiger partial charge in [-0.1, -0.05) is 0 Å². The molecule has 0 saturated heterocycles. The van der Waals surface area contributed by atoms with Gasteiger partial charge in [0, 0.05) is 0 Å². The van der Waals surface area contributed by atoms with E-state index in [4.69, 9.17) is 9.11 Å². The molecule has 0 aliphatic rings. The predicted molar refractivity (Wildman–Crippen MR) is 50.5 cm³/mol. The normalized spacial score (nSPS) is 16.5. The van der Waals surface area contributed by atoms with E-state index in [-0.39, 0.29) is 0 Å². The topological polar surface area (TPSA) is 118 Å². The van der Waals surface area contributed by atoms with Gasteiger partial charge in [0.2, 0.25) is 0 Å². The van der Waals surface area contributed by atoms with Crippen molar-refractivity contribution in [1.29, 1.82) is 0 Å². The van der Waals surface area contributed by atoms with Crippen molar-refractivity contribution in [3.05, 3.63) is 0 Å². The molecular weight excluding hydrogens is 256 g/mol. The molecular formula is C2H6O7S2Si2. The van der Waals surface area contributed by atoms with Crippen LogP contribution in [0.5, 0.6) is 0 Å². The second-order valence-electron chi connectivity index (χ2n) is 1.78. The zero-order chi connectivity index (χ0) is 10.4. The van der Waals surface area contributed by atoms with Crippen molar-refractivity contribution in [1.82, 2.24) is 0 Å². The van der Waals surface area contributed by atoms with E-state index in [0.717, 1.165) is 0 Å². The van der Waals surface area contributed by atoms with Crippen LogP contribution in [0.2, 0.25) is 0 Å². The van der Waals surface area contributed by atoms with Crippen LogP contribution in [0.1, 0.15) is 0 Å². The van der Waals surface area contributed by atoms with Crippen LogP contribution in [-0.4, -0.2) is 46.0 Å². The third-order valence-electron chi connectivity index (χ3n) is 0.710. The first-order chi connectivity index (χ1) is 5.91. The summed E-state index contributed by atoms with van der Waals surface area (Å²) >= 11 is 0. The first kappa shape index (κ1) is 12.8. The van der Waals surface area contributed by atoms with Crippen molar-refractivity contribution in [3.8, 4) is 0 Å². The Bertz CT molecular complexity index is 237. The highest BCUT2D eigenvalue weighted by atomic mass is 32.4. The average Bonchev–Trinajstić information content (AvgIpc) is 1.80. The summed E-state index contributed by atoms with van der Waals surface area (Å²) in [4.78, 5) is 21.1. The molecule has 0 saturated carbocycles. The molecule has 0 heterocycles. The first-order valence-electron chi connectivity index (χ1n) is 2.80. The Balaban J connectivity index is 3.85. The van der Waals surface area contributed by atoms with E-state index in [1.54, 1.807) is 0 Å². The van der Waals surface area contributed by atoms with Crippen molar-refractivity contribution in [3.63, 3.8) is 0 Å². The van der Waals surface area contributed by atoms with Gasteiger partial charge >= 0.3 is 0 Å². The average molecular weight is 262 g/mol. The van der Waals surface area contributed by atoms with Gasteiger partial charge in [-0.25, -0.2) is 8.42 Å². The van der Waals surface area contributed by atoms with E-state index in [2.05, 4.69) is 4.74 Å². The van der Waals surface area contributed by atoms with Crippen LogP contribution in [0.15, 0.2) is 0 Å². The van der Waals surface area contributed by atoms with E-state index in [9.17, 15) is 18.0 Å². The zero-order valence-electron chi connectivity index (χ0n) is 6.17. The molecule has 0 amide bonds. The minimum Gasteiger partial charge on any atom is -0.401 e. The highest BCUT2D eigenvalue weighted by Gasteiger charge is 2.16. The lowest BCUT2D eigenvalue weighted by Gasteiger charge is -1.97. The van der Waals surface area contributed by atoms with Gasteiger partial charge < -0.3 is 13.8 Å². The van der Waals surface area contributed by atoms with Crippen LogP contribution in [0.25, 0.3) is 0 Å². The molecule has 0 aliphatic carbocycles. The molecule has 11 heteroatoms. The van der Waals surface area contributed by atoms with Crippen molar-refractivity contribution < 1.29 is 31.8 Å². The van der Waals surface area contributed by atoms with Crippen molar-refractivity contribution >= 4 is 49.6 Å². The Labute approximate surface area is 81.7 Å². The molecule has 13 heavy (non-hydrogen) atoms. The minimum absolute atomic E-state index is 1.04. The lowest BCUT2D eigenvalue weighted by Crippen LogP contribution is -2.24. The van der Waals surface area contributed by atoms with Gasteiger partial charge in [-0.2, -0.15) is 0 Å². The number of rotatable bonds is 4. The third kappa shape index (κ3) is 8.13. The second-order valence-corrected chi connectivity index (χ2v) is 9.49. The summed E-state index contributed by atoms with van der Waals surface area (Å²) in [6.07, 6.45) is 0. The quantitative estimate of drug-likeness (QED) is 0.337. The summed E-state index contributed by atoms with van der Waals surface area (Å²) in [6.45, 7) is 0. The summed E-state index contributed by atoms with van der Waals surface area (Å²) in [5.74, 6) is 0. The maximum Gasteiger partial charge on any atom is 0.290 e. The van der Waals surface area contributed by atoms with E-state index in [0.29, 0.717) is 0 Å². The molecule has 2 atom stereocenters. The van der Waals surface area contributed by atoms with Crippen LogP contribution in [-0.2, 0) is 25.8 Å². The summed E-state index contributed by atoms with van der Waals surface area (Å²) in [5.41, 5.74) is -2.08. The lowest BCUT2D eigenvalue weighted by molar-refractivity contribution is 0.184. The Morgan fingerprint density at radius 3 is 1.54 bits per heavy atom. The number of ether oxygens (including phenoxy) is 1. The van der Waals surface area contributed by atoms with Crippen LogP contribution in [0, 0.1) is 0 Å². The fourth-order valence-corrected chi connectivity index (χ4v) is 3.00.